The zero-order valence-electron chi connectivity index (χ0n) is 10.9. The van der Waals surface area contributed by atoms with Gasteiger partial charge in [0.25, 0.3) is 0 Å². The van der Waals surface area contributed by atoms with Crippen molar-refractivity contribution in [3.8, 4) is 11.5 Å². The molecule has 0 radical (unpaired) electrons. The van der Waals surface area contributed by atoms with E-state index in [0.717, 1.165) is 0 Å². The Balaban J connectivity index is 2.71. The Morgan fingerprint density at radius 2 is 1.42 bits per heavy atom. The lowest BCUT2D eigenvalue weighted by Crippen LogP contribution is -2.11. The number of hydrogen-bond acceptors (Lipinski definition) is 3. The van der Waals surface area contributed by atoms with E-state index in [9.17, 15) is 26.0 Å². The van der Waals surface area contributed by atoms with Gasteiger partial charge in [-0.15, -0.1) is 0 Å². The van der Waals surface area contributed by atoms with E-state index in [1.54, 1.807) is 28.7 Å². The lowest BCUT2D eigenvalue weighted by molar-refractivity contribution is 0.345. The molecule has 1 N–H and O–H groups in total. The minimum absolute atomic E-state index is 0.0805. The van der Waals surface area contributed by atoms with Crippen LogP contribution in [0.25, 0.3) is 0 Å². The molecule has 0 aliphatic carbocycles. The summed E-state index contributed by atoms with van der Waals surface area (Å²) in [4.78, 5) is -2.11. The van der Waals surface area contributed by atoms with Crippen molar-refractivity contribution in [2.45, 2.75) is 4.90 Å². The lowest BCUT2D eigenvalue weighted by atomic mass is 10.2. The van der Waals surface area contributed by atoms with Gasteiger partial charge in [-0.05, 0) is 79.9 Å². The molecule has 2 rings (SSSR count). The van der Waals surface area contributed by atoms with Crippen molar-refractivity contribution in [1.29, 1.82) is 0 Å². The Labute approximate surface area is 174 Å². The molecule has 0 saturated carbocycles. The van der Waals surface area contributed by atoms with E-state index in [2.05, 4.69) is 0 Å². The third kappa shape index (κ3) is 3.90. The molecule has 0 spiro atoms. The van der Waals surface area contributed by atoms with Crippen molar-refractivity contribution < 1.29 is 35.3 Å². The van der Waals surface area contributed by atoms with Crippen molar-refractivity contribution in [1.82, 2.24) is 0 Å². The molecule has 0 aliphatic heterocycles. The maximum Gasteiger partial charge on any atom is 0.300 e. The van der Waals surface area contributed by atoms with Crippen LogP contribution in [0.15, 0.2) is 17.0 Å². The molecule has 0 heterocycles. The predicted molar refractivity (Wildman–Crippen MR) is 101 cm³/mol. The Morgan fingerprint density at radius 3 is 1.88 bits per heavy atom. The van der Waals surface area contributed by atoms with E-state index in [1.165, 1.54) is 6.07 Å². The normalized spacial score (nSPS) is 11.7. The van der Waals surface area contributed by atoms with Crippen molar-refractivity contribution >= 4 is 77.9 Å². The monoisotopic (exact) mass is 700 g/mol. The first kappa shape index (κ1) is 20.4. The Hall–Kier alpha value is 0.0600. The fraction of sp³-hybridized carbons (Fsp3) is 0. The van der Waals surface area contributed by atoms with Gasteiger partial charge in [-0.2, -0.15) is 17.2 Å². The summed E-state index contributed by atoms with van der Waals surface area (Å²) < 4.78 is 92.6. The van der Waals surface area contributed by atoms with Crippen molar-refractivity contribution in [3.05, 3.63) is 46.1 Å². The van der Waals surface area contributed by atoms with Gasteiger partial charge in [0, 0.05) is 7.14 Å². The van der Waals surface area contributed by atoms with Gasteiger partial charge in [0.2, 0.25) is 17.4 Å². The van der Waals surface area contributed by atoms with Crippen molar-refractivity contribution in [2.75, 3.05) is 0 Å². The lowest BCUT2D eigenvalue weighted by Gasteiger charge is -2.13. The first-order valence-electron chi connectivity index (χ1n) is 5.61. The molecular weight excluding hydrogens is 697 g/mol. The van der Waals surface area contributed by atoms with Crippen LogP contribution in [-0.4, -0.2) is 13.0 Å². The van der Waals surface area contributed by atoms with Crippen LogP contribution in [-0.2, 0) is 10.1 Å². The van der Waals surface area contributed by atoms with Crippen LogP contribution < -0.4 is 4.74 Å². The minimum Gasteiger partial charge on any atom is -0.450 e. The van der Waals surface area contributed by atoms with E-state index in [1.807, 2.05) is 45.2 Å². The molecule has 24 heavy (non-hydrogen) atoms. The van der Waals surface area contributed by atoms with Crippen LogP contribution >= 0.6 is 67.8 Å². The van der Waals surface area contributed by atoms with Crippen LogP contribution in [0, 0.1) is 34.0 Å². The molecule has 0 aliphatic rings. The fourth-order valence-corrected chi connectivity index (χ4v) is 4.47. The molecule has 0 aromatic heterocycles. The molecule has 0 saturated heterocycles. The van der Waals surface area contributed by atoms with Gasteiger partial charge in [-0.1, -0.05) is 0 Å². The van der Waals surface area contributed by atoms with Gasteiger partial charge < -0.3 is 4.74 Å². The van der Waals surface area contributed by atoms with Gasteiger partial charge in [-0.3, -0.25) is 4.55 Å². The van der Waals surface area contributed by atoms with Gasteiger partial charge >= 0.3 is 10.1 Å². The first-order chi connectivity index (χ1) is 10.9. The minimum atomic E-state index is -5.51. The molecule has 2 aromatic rings. The molecular formula is C12H3F4I3O4S. The quantitative estimate of drug-likeness (QED) is 0.210. The summed E-state index contributed by atoms with van der Waals surface area (Å²) in [5, 5.41) is 0. The summed E-state index contributed by atoms with van der Waals surface area (Å²) in [6.07, 6.45) is 0. The molecule has 12 heteroatoms. The highest BCUT2D eigenvalue weighted by molar-refractivity contribution is 14.1. The molecule has 0 atom stereocenters. The fourth-order valence-electron chi connectivity index (χ4n) is 1.62. The zero-order valence-corrected chi connectivity index (χ0v) is 18.2. The van der Waals surface area contributed by atoms with E-state index >= 15 is 0 Å². The SMILES string of the molecule is O=S(=O)(O)c1c(F)c(F)c(Oc2cc(I)cc(I)c2I)c(F)c1F. The summed E-state index contributed by atoms with van der Waals surface area (Å²) in [6.45, 7) is 0. The second-order valence-electron chi connectivity index (χ2n) is 4.19. The van der Waals surface area contributed by atoms with Crippen molar-refractivity contribution in [2.24, 2.45) is 0 Å². The average Bonchev–Trinajstić information content (AvgIpc) is 2.45. The zero-order chi connectivity index (χ0) is 18.4. The van der Waals surface area contributed by atoms with Gasteiger partial charge in [0.15, 0.2) is 16.5 Å². The summed E-state index contributed by atoms with van der Waals surface area (Å²) in [5.74, 6) is -10.2. The largest absolute Gasteiger partial charge is 0.450 e. The highest BCUT2D eigenvalue weighted by atomic mass is 127. The van der Waals surface area contributed by atoms with Gasteiger partial charge in [0.1, 0.15) is 5.75 Å². The predicted octanol–water partition coefficient (Wildman–Crippen LogP) is 5.10. The summed E-state index contributed by atoms with van der Waals surface area (Å²) in [5.41, 5.74) is 0. The summed E-state index contributed by atoms with van der Waals surface area (Å²) in [6, 6.07) is 3.10. The molecule has 0 amide bonds. The van der Waals surface area contributed by atoms with Gasteiger partial charge in [-0.25, -0.2) is 8.78 Å². The first-order valence-corrected chi connectivity index (χ1v) is 10.3. The molecule has 2 aromatic carbocycles. The molecule has 0 unspecified atom stereocenters. The van der Waals surface area contributed by atoms with E-state index in [0.29, 0.717) is 10.7 Å². The highest BCUT2D eigenvalue weighted by Gasteiger charge is 2.33. The summed E-state index contributed by atoms with van der Waals surface area (Å²) >= 11 is 5.63. The number of halogens is 7. The molecule has 130 valence electrons. The number of ether oxygens (including phenoxy) is 1. The van der Waals surface area contributed by atoms with Crippen LogP contribution in [0.4, 0.5) is 17.6 Å². The molecule has 4 nitrogen and oxygen atoms in total. The van der Waals surface area contributed by atoms with Crippen LogP contribution in [0.2, 0.25) is 0 Å². The Bertz CT molecular complexity index is 921. The van der Waals surface area contributed by atoms with E-state index in [-0.39, 0.29) is 5.75 Å². The third-order valence-electron chi connectivity index (χ3n) is 2.61. The topological polar surface area (TPSA) is 63.6 Å². The molecule has 0 fully saturated rings. The number of hydrogen-bond donors (Lipinski definition) is 1. The van der Waals surface area contributed by atoms with Crippen molar-refractivity contribution in [3.63, 3.8) is 0 Å². The maximum absolute atomic E-state index is 14.0. The second kappa shape index (κ2) is 7.36. The smallest absolute Gasteiger partial charge is 0.300 e. The van der Waals surface area contributed by atoms with Crippen LogP contribution in [0.5, 0.6) is 11.5 Å². The maximum atomic E-state index is 14.0. The summed E-state index contributed by atoms with van der Waals surface area (Å²) in [7, 11) is -5.51. The molecule has 0 bridgehead atoms. The van der Waals surface area contributed by atoms with E-state index in [4.69, 9.17) is 9.29 Å². The number of rotatable bonds is 3. The standard InChI is InChI=1S/C12H3F4I3O4S/c13-6-8(15)12(24(20,21)22)9(16)7(14)11(6)23-5-2-3(17)1-4(18)10(5)19/h1-2H,(H,20,21,22). The Morgan fingerprint density at radius 1 is 0.917 bits per heavy atom. The number of benzene rings is 2. The average molecular weight is 700 g/mol. The van der Waals surface area contributed by atoms with Crippen LogP contribution in [0.3, 0.4) is 0 Å². The van der Waals surface area contributed by atoms with Crippen LogP contribution in [0.1, 0.15) is 0 Å². The highest BCUT2D eigenvalue weighted by Crippen LogP contribution is 2.38. The Kier molecular flexibility index (Phi) is 6.24. The third-order valence-corrected chi connectivity index (χ3v) is 7.11. The van der Waals surface area contributed by atoms with E-state index < -0.39 is 44.0 Å². The second-order valence-corrected chi connectivity index (χ2v) is 9.04. The van der Waals surface area contributed by atoms with Gasteiger partial charge in [0.05, 0.1) is 3.57 Å².